The minimum absolute atomic E-state index is 0.405. The maximum absolute atomic E-state index is 12.3. The topological polar surface area (TPSA) is 108 Å². The molecule has 162 valence electrons. The molecule has 9 heteroatoms. The van der Waals surface area contributed by atoms with E-state index in [0.29, 0.717) is 12.1 Å². The third-order valence-corrected chi connectivity index (χ3v) is 5.58. The van der Waals surface area contributed by atoms with Gasteiger partial charge < -0.3 is 20.3 Å². The van der Waals surface area contributed by atoms with Gasteiger partial charge in [-0.05, 0) is 56.9 Å². The Bertz CT molecular complexity index is 819. The van der Waals surface area contributed by atoms with Crippen molar-refractivity contribution in [1.82, 2.24) is 10.2 Å². The van der Waals surface area contributed by atoms with Crippen LogP contribution in [0, 0.1) is 0 Å². The number of nitrogens with one attached hydrogen (secondary N) is 2. The van der Waals surface area contributed by atoms with Crippen LogP contribution in [0.25, 0.3) is 0 Å². The van der Waals surface area contributed by atoms with E-state index in [4.69, 9.17) is 4.74 Å². The Morgan fingerprint density at radius 2 is 1.80 bits per heavy atom. The number of carbonyl (C=O) groups is 4. The molecule has 2 saturated heterocycles. The lowest BCUT2D eigenvalue weighted by Crippen LogP contribution is -2.43. The summed E-state index contributed by atoms with van der Waals surface area (Å²) >= 11 is 0. The summed E-state index contributed by atoms with van der Waals surface area (Å²) in [5.41, 5.74) is 0.700. The largest absolute Gasteiger partial charge is 0.454 e. The third-order valence-electron chi connectivity index (χ3n) is 5.58. The quantitative estimate of drug-likeness (QED) is 0.519. The first-order valence-corrected chi connectivity index (χ1v) is 10.3. The number of urea groups is 1. The molecule has 0 radical (unpaired) electrons. The van der Waals surface area contributed by atoms with E-state index >= 15 is 0 Å². The fourth-order valence-corrected chi connectivity index (χ4v) is 3.56. The maximum Gasteiger partial charge on any atom is 0.326 e. The second-order valence-corrected chi connectivity index (χ2v) is 7.81. The molecule has 2 heterocycles. The molecule has 0 unspecified atom stereocenters. The molecule has 2 fully saturated rings. The van der Waals surface area contributed by atoms with E-state index in [1.807, 2.05) is 24.3 Å². The van der Waals surface area contributed by atoms with Crippen LogP contribution in [0.3, 0.4) is 0 Å². The molecule has 0 aromatic heterocycles. The zero-order chi connectivity index (χ0) is 21.7. The number of rotatable bonds is 7. The fourth-order valence-electron chi connectivity index (χ4n) is 3.56. The van der Waals surface area contributed by atoms with Gasteiger partial charge in [0, 0.05) is 24.5 Å². The van der Waals surface area contributed by atoms with Crippen LogP contribution in [0.5, 0.6) is 0 Å². The van der Waals surface area contributed by atoms with Gasteiger partial charge in [-0.25, -0.2) is 4.79 Å². The highest BCUT2D eigenvalue weighted by Crippen LogP contribution is 2.22. The molecule has 3 rings (SSSR count). The number of nitrogens with zero attached hydrogens (tertiary/aromatic N) is 2. The van der Waals surface area contributed by atoms with Crippen molar-refractivity contribution >= 4 is 35.2 Å². The second kappa shape index (κ2) is 9.15. The molecule has 0 aliphatic carbocycles. The standard InChI is InChI=1S/C21H28N4O5/c1-3-21(2)19(28)25(20(29)23-21)13-18(27)30-14-17(26)22-15-7-9-16(10-8-15)24-11-5-4-6-12-24/h7-10H,3-6,11-14H2,1-2H3,(H,22,26)(H,23,29)/t21-/m1/s1. The van der Waals surface area contributed by atoms with Crippen LogP contribution >= 0.6 is 0 Å². The molecule has 30 heavy (non-hydrogen) atoms. The summed E-state index contributed by atoms with van der Waals surface area (Å²) in [6.45, 7) is 4.42. The first kappa shape index (κ1) is 21.6. The van der Waals surface area contributed by atoms with Crippen LogP contribution < -0.4 is 15.5 Å². The molecular formula is C21H28N4O5. The highest BCUT2D eigenvalue weighted by molar-refractivity contribution is 6.08. The smallest absolute Gasteiger partial charge is 0.326 e. The molecule has 0 saturated carbocycles. The number of hydrogen-bond acceptors (Lipinski definition) is 6. The van der Waals surface area contributed by atoms with Gasteiger partial charge >= 0.3 is 12.0 Å². The van der Waals surface area contributed by atoms with E-state index in [1.54, 1.807) is 13.8 Å². The number of anilines is 2. The van der Waals surface area contributed by atoms with Crippen LogP contribution in [0.15, 0.2) is 24.3 Å². The summed E-state index contributed by atoms with van der Waals surface area (Å²) in [5.74, 6) is -1.80. The molecular weight excluding hydrogens is 388 g/mol. The molecule has 1 atom stereocenters. The zero-order valence-electron chi connectivity index (χ0n) is 17.4. The minimum Gasteiger partial charge on any atom is -0.454 e. The number of imide groups is 1. The molecule has 0 spiro atoms. The predicted octanol–water partition coefficient (Wildman–Crippen LogP) is 1.88. The van der Waals surface area contributed by atoms with E-state index in [2.05, 4.69) is 15.5 Å². The molecule has 2 N–H and O–H groups in total. The summed E-state index contributed by atoms with van der Waals surface area (Å²) in [6.07, 6.45) is 4.04. The Kier molecular flexibility index (Phi) is 6.59. The van der Waals surface area contributed by atoms with Crippen LogP contribution in [-0.4, -0.2) is 60.5 Å². The number of esters is 1. The average Bonchev–Trinajstić information content (AvgIpc) is 2.97. The highest BCUT2D eigenvalue weighted by atomic mass is 16.5. The first-order valence-electron chi connectivity index (χ1n) is 10.3. The van der Waals surface area contributed by atoms with Crippen LogP contribution in [-0.2, 0) is 19.1 Å². The van der Waals surface area contributed by atoms with Crippen LogP contribution in [0.1, 0.15) is 39.5 Å². The number of amides is 4. The van der Waals surface area contributed by atoms with Crippen molar-refractivity contribution in [3.8, 4) is 0 Å². The lowest BCUT2D eigenvalue weighted by atomic mass is 9.99. The van der Waals surface area contributed by atoms with E-state index in [9.17, 15) is 19.2 Å². The van der Waals surface area contributed by atoms with Gasteiger partial charge in [-0.15, -0.1) is 0 Å². The van der Waals surface area contributed by atoms with Gasteiger partial charge in [0.2, 0.25) is 0 Å². The number of hydrogen-bond donors (Lipinski definition) is 2. The zero-order valence-corrected chi connectivity index (χ0v) is 17.4. The Labute approximate surface area is 175 Å². The van der Waals surface area contributed by atoms with Crippen LogP contribution in [0.4, 0.5) is 16.2 Å². The number of piperidine rings is 1. The van der Waals surface area contributed by atoms with E-state index in [-0.39, 0.29) is 0 Å². The normalized spacial score (nSPS) is 21.4. The van der Waals surface area contributed by atoms with Gasteiger partial charge in [-0.2, -0.15) is 0 Å². The van der Waals surface area contributed by atoms with E-state index in [1.165, 1.54) is 19.3 Å². The van der Waals surface area contributed by atoms with Gasteiger partial charge in [0.15, 0.2) is 6.61 Å². The highest BCUT2D eigenvalue weighted by Gasteiger charge is 2.47. The molecule has 2 aliphatic heterocycles. The molecule has 1 aromatic carbocycles. The van der Waals surface area contributed by atoms with Crippen molar-refractivity contribution in [2.24, 2.45) is 0 Å². The summed E-state index contributed by atoms with van der Waals surface area (Å²) < 4.78 is 4.92. The predicted molar refractivity (Wildman–Crippen MR) is 111 cm³/mol. The number of ether oxygens (including phenoxy) is 1. The van der Waals surface area contributed by atoms with Gasteiger partial charge in [0.25, 0.3) is 11.8 Å². The first-order chi connectivity index (χ1) is 14.3. The number of carbonyl (C=O) groups excluding carboxylic acids is 4. The van der Waals surface area contributed by atoms with Gasteiger partial charge in [0.05, 0.1) is 0 Å². The van der Waals surface area contributed by atoms with Crippen molar-refractivity contribution < 1.29 is 23.9 Å². The average molecular weight is 416 g/mol. The Balaban J connectivity index is 1.44. The summed E-state index contributed by atoms with van der Waals surface area (Å²) in [5, 5.41) is 5.22. The van der Waals surface area contributed by atoms with Crippen LogP contribution in [0.2, 0.25) is 0 Å². The fraction of sp³-hybridized carbons (Fsp3) is 0.524. The molecule has 4 amide bonds. The molecule has 1 aromatic rings. The molecule has 0 bridgehead atoms. The van der Waals surface area contributed by atoms with Crippen molar-refractivity contribution in [3.05, 3.63) is 24.3 Å². The van der Waals surface area contributed by atoms with E-state index in [0.717, 1.165) is 23.7 Å². The Hall–Kier alpha value is -3.10. The third kappa shape index (κ3) is 4.90. The maximum atomic E-state index is 12.3. The lowest BCUT2D eigenvalue weighted by Gasteiger charge is -2.28. The van der Waals surface area contributed by atoms with Crippen molar-refractivity contribution in [1.29, 1.82) is 0 Å². The van der Waals surface area contributed by atoms with Gasteiger partial charge in [0.1, 0.15) is 12.1 Å². The molecule has 9 nitrogen and oxygen atoms in total. The SMILES string of the molecule is CC[C@@]1(C)NC(=O)N(CC(=O)OCC(=O)Nc2ccc(N3CCCCC3)cc2)C1=O. The van der Waals surface area contributed by atoms with Crippen molar-refractivity contribution in [2.45, 2.75) is 45.1 Å². The summed E-state index contributed by atoms with van der Waals surface area (Å²) in [6, 6.07) is 6.88. The van der Waals surface area contributed by atoms with Gasteiger partial charge in [-0.3, -0.25) is 19.3 Å². The summed E-state index contributed by atoms with van der Waals surface area (Å²) in [4.78, 5) is 51.4. The number of benzene rings is 1. The van der Waals surface area contributed by atoms with Crippen molar-refractivity contribution in [2.75, 3.05) is 36.5 Å². The monoisotopic (exact) mass is 416 g/mol. The van der Waals surface area contributed by atoms with Gasteiger partial charge in [-0.1, -0.05) is 6.92 Å². The van der Waals surface area contributed by atoms with Crippen molar-refractivity contribution in [3.63, 3.8) is 0 Å². The lowest BCUT2D eigenvalue weighted by molar-refractivity contribution is -0.150. The minimum atomic E-state index is -1.02. The second-order valence-electron chi connectivity index (χ2n) is 7.81. The van der Waals surface area contributed by atoms with E-state index < -0.39 is 42.5 Å². The summed E-state index contributed by atoms with van der Waals surface area (Å²) in [7, 11) is 0. The Morgan fingerprint density at radius 1 is 1.13 bits per heavy atom. The molecule has 2 aliphatic rings. The Morgan fingerprint density at radius 3 is 2.40 bits per heavy atom.